The van der Waals surface area contributed by atoms with E-state index >= 15 is 0 Å². The van der Waals surface area contributed by atoms with Crippen LogP contribution in [-0.4, -0.2) is 123 Å². The number of amides is 4. The van der Waals surface area contributed by atoms with E-state index in [1.165, 1.54) is 21.9 Å². The fourth-order valence-corrected chi connectivity index (χ4v) is 10.1. The van der Waals surface area contributed by atoms with Gasteiger partial charge in [-0.05, 0) is 97.2 Å². The van der Waals surface area contributed by atoms with E-state index in [0.717, 1.165) is 44.9 Å². The van der Waals surface area contributed by atoms with Crippen molar-refractivity contribution in [2.75, 3.05) is 40.4 Å². The SMILES string of the molecule is C=CC(=O)N1CCC(O)(C(=O)N(C)[C@H](C(=O)N[C@H]2Cc3cc(O)cc(c3)-c3ccc4c(c3)c(c(-c3ccccc3[C@H](C)OC)n4CC)CC(C)(C)COC(=O)[C@@H]3CCCN(N3)C2=O)C(C)C)C1. The Balaban J connectivity index is 1.31. The number of hydrazine groups is 1. The number of methoxy groups -OCH3 is 1. The Morgan fingerprint density at radius 2 is 1.81 bits per heavy atom. The summed E-state index contributed by atoms with van der Waals surface area (Å²) in [6, 6.07) is 16.4. The molecule has 4 aromatic rings. The fraction of sp³-hybridized carbons (Fsp3) is 0.481. The van der Waals surface area contributed by atoms with E-state index < -0.39 is 64.7 Å². The molecule has 6 bridgehead atoms. The number of phenols is 1. The number of hydrogen-bond acceptors (Lipinski definition) is 10. The van der Waals surface area contributed by atoms with Crippen LogP contribution in [0.4, 0.5) is 0 Å². The van der Waals surface area contributed by atoms with Crippen molar-refractivity contribution in [3.63, 3.8) is 0 Å². The number of β-amino-alcohol motifs (C(OH)–C–C–N with tert-alkyl or cyclic N) is 1. The zero-order valence-electron chi connectivity index (χ0n) is 40.1. The van der Waals surface area contributed by atoms with Gasteiger partial charge in [-0.1, -0.05) is 70.7 Å². The van der Waals surface area contributed by atoms with Crippen molar-refractivity contribution in [3.8, 4) is 28.1 Å². The van der Waals surface area contributed by atoms with Gasteiger partial charge in [-0.15, -0.1) is 0 Å². The Hall–Kier alpha value is -6.03. The number of rotatable bonds is 10. The summed E-state index contributed by atoms with van der Waals surface area (Å²) in [4.78, 5) is 72.0. The predicted octanol–water partition coefficient (Wildman–Crippen LogP) is 5.69. The summed E-state index contributed by atoms with van der Waals surface area (Å²) in [5.74, 6) is -3.31. The van der Waals surface area contributed by atoms with Gasteiger partial charge in [0.05, 0.1) is 24.9 Å². The first-order valence-electron chi connectivity index (χ1n) is 23.4. The minimum atomic E-state index is -1.93. The predicted molar refractivity (Wildman–Crippen MR) is 255 cm³/mol. The van der Waals surface area contributed by atoms with Crippen molar-refractivity contribution in [1.82, 2.24) is 30.1 Å². The zero-order chi connectivity index (χ0) is 48.5. The van der Waals surface area contributed by atoms with Crippen LogP contribution >= 0.6 is 0 Å². The average Bonchev–Trinajstić information content (AvgIpc) is 3.86. The Kier molecular flexibility index (Phi) is 14.4. The molecule has 0 radical (unpaired) electrons. The molecule has 4 amide bonds. The number of hydrogen-bond donors (Lipinski definition) is 4. The third kappa shape index (κ3) is 10.00. The second kappa shape index (κ2) is 19.7. The van der Waals surface area contributed by atoms with E-state index in [1.54, 1.807) is 33.1 Å². The van der Waals surface area contributed by atoms with Gasteiger partial charge in [0.15, 0.2) is 5.60 Å². The molecule has 3 aliphatic heterocycles. The monoisotopic (exact) mass is 918 g/mol. The molecule has 15 heteroatoms. The van der Waals surface area contributed by atoms with Gasteiger partial charge in [-0.2, -0.15) is 0 Å². The highest BCUT2D eigenvalue weighted by atomic mass is 16.5. The molecular formula is C52H66N6O9. The summed E-state index contributed by atoms with van der Waals surface area (Å²) in [6.07, 6.45) is 2.31. The first-order valence-corrected chi connectivity index (χ1v) is 23.4. The number of benzene rings is 3. The minimum Gasteiger partial charge on any atom is -0.508 e. The lowest BCUT2D eigenvalue weighted by Crippen LogP contribution is -2.63. The molecule has 0 aliphatic carbocycles. The van der Waals surface area contributed by atoms with Crippen molar-refractivity contribution in [1.29, 1.82) is 0 Å². The molecule has 15 nitrogen and oxygen atoms in total. The maximum absolute atomic E-state index is 14.7. The summed E-state index contributed by atoms with van der Waals surface area (Å²) in [6.45, 7) is 16.2. The molecule has 67 heavy (non-hydrogen) atoms. The normalized spacial score (nSPS) is 21.9. The highest BCUT2D eigenvalue weighted by molar-refractivity contribution is 5.97. The Morgan fingerprint density at radius 3 is 2.51 bits per heavy atom. The van der Waals surface area contributed by atoms with Gasteiger partial charge in [0.1, 0.15) is 23.9 Å². The quantitative estimate of drug-likeness (QED) is 0.114. The summed E-state index contributed by atoms with van der Waals surface area (Å²) >= 11 is 0. The number of carbonyl (C=O) groups is 5. The van der Waals surface area contributed by atoms with E-state index in [1.807, 2.05) is 31.2 Å². The summed E-state index contributed by atoms with van der Waals surface area (Å²) in [7, 11) is 3.13. The zero-order valence-corrected chi connectivity index (χ0v) is 40.1. The standard InChI is InChI=1S/C52H66N6O9/c1-10-44(60)56-22-20-52(65,29-56)50(64)55(8)45(31(3)4)47(61)53-42-25-33-23-35(26-36(59)24-33)34-18-19-43-39(27-34)40(46(57(43)11-2)38-16-13-12-15-37(38)32(5)66-9)28-51(6,7)30-67-49(63)41-17-14-21-58(54-41)48(42)62/h10,12-13,15-16,18-19,23-24,26-27,31-32,41-42,45,54,59,65H,1,11,14,17,20-22,25,28-30H2,2-9H3,(H,53,61)/t32-,41-,42-,45-,52?/m0/s1. The number of esters is 1. The van der Waals surface area contributed by atoms with Crippen molar-refractivity contribution in [3.05, 3.63) is 90.0 Å². The summed E-state index contributed by atoms with van der Waals surface area (Å²) in [5, 5.41) is 28.1. The Labute approximate surface area is 393 Å². The average molecular weight is 919 g/mol. The van der Waals surface area contributed by atoms with Gasteiger partial charge in [-0.3, -0.25) is 29.0 Å². The number of aliphatic hydroxyl groups is 1. The molecule has 4 heterocycles. The number of aryl methyl sites for hydroxylation is 1. The molecule has 5 atom stereocenters. The number of ether oxygens (including phenoxy) is 2. The number of aromatic hydroxyl groups is 1. The number of fused-ring (bicyclic) bond motifs is 6. The van der Waals surface area contributed by atoms with Crippen molar-refractivity contribution >= 4 is 40.5 Å². The Morgan fingerprint density at radius 1 is 1.06 bits per heavy atom. The van der Waals surface area contributed by atoms with E-state index in [-0.39, 0.29) is 50.9 Å². The van der Waals surface area contributed by atoms with Crippen molar-refractivity contribution < 1.29 is 43.7 Å². The largest absolute Gasteiger partial charge is 0.508 e. The number of likely N-dealkylation sites (N-methyl/N-ethyl adjacent to an activating group) is 1. The van der Waals surface area contributed by atoms with Gasteiger partial charge >= 0.3 is 5.97 Å². The van der Waals surface area contributed by atoms with Crippen LogP contribution in [0.2, 0.25) is 0 Å². The molecule has 2 saturated heterocycles. The van der Waals surface area contributed by atoms with Crippen LogP contribution in [0.1, 0.15) is 83.6 Å². The lowest BCUT2D eigenvalue weighted by molar-refractivity contribution is -0.156. The summed E-state index contributed by atoms with van der Waals surface area (Å²) in [5.41, 5.74) is 7.93. The molecular weight excluding hydrogens is 853 g/mol. The van der Waals surface area contributed by atoms with E-state index in [4.69, 9.17) is 9.47 Å². The number of cyclic esters (lactones) is 1. The molecule has 1 unspecified atom stereocenters. The second-order valence-corrected chi connectivity index (χ2v) is 19.5. The highest BCUT2D eigenvalue weighted by Crippen LogP contribution is 2.43. The molecule has 2 fully saturated rings. The van der Waals surface area contributed by atoms with Gasteiger partial charge in [0.2, 0.25) is 11.8 Å². The number of carbonyl (C=O) groups excluding carboxylic acids is 5. The first-order chi connectivity index (χ1) is 31.8. The van der Waals surface area contributed by atoms with E-state index in [9.17, 15) is 34.2 Å². The molecule has 4 N–H and O–H groups in total. The second-order valence-electron chi connectivity index (χ2n) is 19.5. The van der Waals surface area contributed by atoms with Crippen LogP contribution in [0.25, 0.3) is 33.3 Å². The first kappa shape index (κ1) is 48.9. The maximum atomic E-state index is 14.7. The molecule has 0 spiro atoms. The summed E-state index contributed by atoms with van der Waals surface area (Å²) < 4.78 is 14.3. The topological polar surface area (TPSA) is 183 Å². The maximum Gasteiger partial charge on any atom is 0.324 e. The number of nitrogens with zero attached hydrogens (tertiary/aromatic N) is 4. The minimum absolute atomic E-state index is 0.0215. The molecule has 3 aromatic carbocycles. The van der Waals surface area contributed by atoms with Crippen LogP contribution < -0.4 is 10.7 Å². The number of likely N-dealkylation sites (tertiary alicyclic amines) is 1. The van der Waals surface area contributed by atoms with Crippen LogP contribution in [-0.2, 0) is 52.8 Å². The lowest BCUT2D eigenvalue weighted by atomic mass is 9.83. The van der Waals surface area contributed by atoms with Gasteiger partial charge in [0, 0.05) is 68.5 Å². The molecule has 0 saturated carbocycles. The van der Waals surface area contributed by atoms with Gasteiger partial charge in [-0.25, -0.2) is 5.43 Å². The smallest absolute Gasteiger partial charge is 0.324 e. The number of phenolic OH excluding ortho intramolecular Hbond substituents is 1. The molecule has 3 aliphatic rings. The van der Waals surface area contributed by atoms with Crippen LogP contribution in [0.5, 0.6) is 5.75 Å². The van der Waals surface area contributed by atoms with E-state index in [2.05, 4.69) is 66.9 Å². The van der Waals surface area contributed by atoms with Crippen molar-refractivity contribution in [2.45, 2.75) is 110 Å². The van der Waals surface area contributed by atoms with Crippen LogP contribution in [0.3, 0.4) is 0 Å². The van der Waals surface area contributed by atoms with Crippen LogP contribution in [0, 0.1) is 11.3 Å². The van der Waals surface area contributed by atoms with Gasteiger partial charge < -0.3 is 39.4 Å². The number of aromatic nitrogens is 1. The van der Waals surface area contributed by atoms with Crippen LogP contribution in [0.15, 0.2) is 73.3 Å². The van der Waals surface area contributed by atoms with Crippen molar-refractivity contribution in [2.24, 2.45) is 11.3 Å². The third-order valence-corrected chi connectivity index (χ3v) is 13.6. The molecule has 358 valence electrons. The molecule has 1 aromatic heterocycles. The Bertz CT molecular complexity index is 2570. The molecule has 7 rings (SSSR count). The van der Waals surface area contributed by atoms with E-state index in [0.29, 0.717) is 36.9 Å². The van der Waals surface area contributed by atoms with Gasteiger partial charge in [0.25, 0.3) is 11.8 Å². The lowest BCUT2D eigenvalue weighted by Gasteiger charge is -2.37. The number of nitrogens with one attached hydrogen (secondary N) is 2. The fourth-order valence-electron chi connectivity index (χ4n) is 10.1. The third-order valence-electron chi connectivity index (χ3n) is 13.6. The highest BCUT2D eigenvalue weighted by Gasteiger charge is 2.48.